The molecule has 0 radical (unpaired) electrons. The molecular weight excluding hydrogens is 282 g/mol. The van der Waals surface area contributed by atoms with Crippen LogP contribution in [0.1, 0.15) is 26.2 Å². The molecule has 0 atom stereocenters. The molecule has 0 saturated heterocycles. The molecule has 0 saturated carbocycles. The standard InChI is InChI=1S/C16H27N3O3/c1-4-5-7-18-16(17)19-8-6-9-22-15-11-13(20-2)10-14(12-15)21-3/h10-12H,4-9H2,1-3H3,(H3,17,18,19). The van der Waals surface area contributed by atoms with Crippen molar-refractivity contribution in [1.82, 2.24) is 5.32 Å². The van der Waals surface area contributed by atoms with Gasteiger partial charge in [-0.05, 0) is 6.42 Å². The van der Waals surface area contributed by atoms with E-state index >= 15 is 0 Å². The summed E-state index contributed by atoms with van der Waals surface area (Å²) in [5.74, 6) is 2.62. The Kier molecular flexibility index (Phi) is 8.64. The predicted octanol–water partition coefficient (Wildman–Crippen LogP) is 2.18. The molecule has 124 valence electrons. The lowest BCUT2D eigenvalue weighted by atomic mass is 10.3. The molecule has 6 heteroatoms. The molecule has 0 fully saturated rings. The molecule has 0 bridgehead atoms. The molecule has 1 rings (SSSR count). The Morgan fingerprint density at radius 1 is 1.09 bits per heavy atom. The van der Waals surface area contributed by atoms with Crippen LogP contribution in [0, 0.1) is 0 Å². The van der Waals surface area contributed by atoms with Gasteiger partial charge in [0.2, 0.25) is 0 Å². The Bertz CT molecular complexity index is 442. The molecule has 0 aliphatic carbocycles. The van der Waals surface area contributed by atoms with Gasteiger partial charge in [-0.15, -0.1) is 0 Å². The van der Waals surface area contributed by atoms with Crippen LogP contribution < -0.4 is 25.3 Å². The van der Waals surface area contributed by atoms with E-state index in [-0.39, 0.29) is 0 Å². The maximum atomic E-state index is 5.75. The maximum absolute atomic E-state index is 5.75. The second-order valence-electron chi connectivity index (χ2n) is 4.80. The minimum Gasteiger partial charge on any atom is -0.496 e. The zero-order valence-electron chi connectivity index (χ0n) is 13.7. The second-order valence-corrected chi connectivity index (χ2v) is 4.80. The topological polar surface area (TPSA) is 78.1 Å². The number of nitrogens with zero attached hydrogens (tertiary/aromatic N) is 1. The smallest absolute Gasteiger partial charge is 0.188 e. The van der Waals surface area contributed by atoms with Gasteiger partial charge < -0.3 is 25.3 Å². The Morgan fingerprint density at radius 2 is 1.73 bits per heavy atom. The van der Waals surface area contributed by atoms with Gasteiger partial charge in [-0.1, -0.05) is 13.3 Å². The minimum absolute atomic E-state index is 0.497. The molecule has 0 aromatic heterocycles. The number of hydrogen-bond acceptors (Lipinski definition) is 4. The van der Waals surface area contributed by atoms with E-state index in [1.165, 1.54) is 0 Å². The summed E-state index contributed by atoms with van der Waals surface area (Å²) in [5, 5.41) is 3.08. The number of ether oxygens (including phenoxy) is 3. The second kappa shape index (κ2) is 10.6. The van der Waals surface area contributed by atoms with E-state index in [2.05, 4.69) is 17.2 Å². The van der Waals surface area contributed by atoms with E-state index in [1.54, 1.807) is 20.3 Å². The summed E-state index contributed by atoms with van der Waals surface area (Å²) in [5.41, 5.74) is 5.75. The average molecular weight is 309 g/mol. The first-order valence-electron chi connectivity index (χ1n) is 7.59. The van der Waals surface area contributed by atoms with Crippen LogP contribution in [0.2, 0.25) is 0 Å². The van der Waals surface area contributed by atoms with Gasteiger partial charge in [0.25, 0.3) is 0 Å². The summed E-state index contributed by atoms with van der Waals surface area (Å²) >= 11 is 0. The van der Waals surface area contributed by atoms with Gasteiger partial charge in [0.1, 0.15) is 17.2 Å². The first kappa shape index (κ1) is 17.9. The molecule has 0 spiro atoms. The number of nitrogens with two attached hydrogens (primary N) is 1. The van der Waals surface area contributed by atoms with Gasteiger partial charge in [-0.3, -0.25) is 4.99 Å². The predicted molar refractivity (Wildman–Crippen MR) is 89.1 cm³/mol. The molecule has 0 heterocycles. The fraction of sp³-hybridized carbons (Fsp3) is 0.562. The van der Waals surface area contributed by atoms with Crippen LogP contribution in [0.4, 0.5) is 0 Å². The van der Waals surface area contributed by atoms with E-state index in [4.69, 9.17) is 19.9 Å². The highest BCUT2D eigenvalue weighted by atomic mass is 16.5. The van der Waals surface area contributed by atoms with Gasteiger partial charge in [0, 0.05) is 37.7 Å². The van der Waals surface area contributed by atoms with Gasteiger partial charge >= 0.3 is 0 Å². The van der Waals surface area contributed by atoms with E-state index in [9.17, 15) is 0 Å². The SMILES string of the molecule is CCCCNC(N)=NCCCOc1cc(OC)cc(OC)c1. The summed E-state index contributed by atoms with van der Waals surface area (Å²) < 4.78 is 16.1. The number of benzene rings is 1. The minimum atomic E-state index is 0.497. The van der Waals surface area contributed by atoms with Crippen molar-refractivity contribution < 1.29 is 14.2 Å². The van der Waals surface area contributed by atoms with E-state index in [1.807, 2.05) is 12.1 Å². The van der Waals surface area contributed by atoms with Crippen molar-refractivity contribution in [2.45, 2.75) is 26.2 Å². The van der Waals surface area contributed by atoms with Crippen molar-refractivity contribution in [1.29, 1.82) is 0 Å². The van der Waals surface area contributed by atoms with E-state index in [0.717, 1.165) is 25.8 Å². The van der Waals surface area contributed by atoms with Crippen LogP contribution in [-0.4, -0.2) is 39.9 Å². The maximum Gasteiger partial charge on any atom is 0.188 e. The summed E-state index contributed by atoms with van der Waals surface area (Å²) in [6.45, 7) is 4.19. The third kappa shape index (κ3) is 7.06. The van der Waals surface area contributed by atoms with E-state index in [0.29, 0.717) is 36.4 Å². The van der Waals surface area contributed by atoms with Crippen molar-refractivity contribution in [3.8, 4) is 17.2 Å². The lowest BCUT2D eigenvalue weighted by Gasteiger charge is -2.10. The first-order valence-corrected chi connectivity index (χ1v) is 7.59. The number of methoxy groups -OCH3 is 2. The molecule has 0 unspecified atom stereocenters. The van der Waals surface area contributed by atoms with Crippen molar-refractivity contribution >= 4 is 5.96 Å². The van der Waals surface area contributed by atoms with E-state index < -0.39 is 0 Å². The van der Waals surface area contributed by atoms with Gasteiger partial charge in [0.15, 0.2) is 5.96 Å². The summed E-state index contributed by atoms with van der Waals surface area (Å²) in [7, 11) is 3.23. The van der Waals surface area contributed by atoms with Gasteiger partial charge in [-0.2, -0.15) is 0 Å². The van der Waals surface area contributed by atoms with Crippen molar-refractivity contribution in [3.05, 3.63) is 18.2 Å². The molecule has 6 nitrogen and oxygen atoms in total. The molecule has 3 N–H and O–H groups in total. The van der Waals surface area contributed by atoms with Crippen LogP contribution in [0.5, 0.6) is 17.2 Å². The normalized spacial score (nSPS) is 11.1. The Labute approximate surface area is 132 Å². The van der Waals surface area contributed by atoms with Crippen LogP contribution in [0.25, 0.3) is 0 Å². The van der Waals surface area contributed by atoms with Crippen LogP contribution >= 0.6 is 0 Å². The number of hydrogen-bond donors (Lipinski definition) is 2. The van der Waals surface area contributed by atoms with Crippen molar-refractivity contribution in [2.75, 3.05) is 33.9 Å². The fourth-order valence-electron chi connectivity index (χ4n) is 1.77. The lowest BCUT2D eigenvalue weighted by Crippen LogP contribution is -2.32. The van der Waals surface area contributed by atoms with Crippen LogP contribution in [-0.2, 0) is 0 Å². The summed E-state index contributed by atoms with van der Waals surface area (Å²) in [6.07, 6.45) is 3.02. The Morgan fingerprint density at radius 3 is 2.32 bits per heavy atom. The molecule has 1 aromatic carbocycles. The quantitative estimate of drug-likeness (QED) is 0.393. The molecule has 0 amide bonds. The van der Waals surface area contributed by atoms with Gasteiger partial charge in [-0.25, -0.2) is 0 Å². The fourth-order valence-corrected chi connectivity index (χ4v) is 1.77. The molecule has 22 heavy (non-hydrogen) atoms. The highest BCUT2D eigenvalue weighted by Crippen LogP contribution is 2.27. The zero-order chi connectivity index (χ0) is 16.2. The third-order valence-electron chi connectivity index (χ3n) is 3.01. The highest BCUT2D eigenvalue weighted by molar-refractivity contribution is 5.77. The van der Waals surface area contributed by atoms with Crippen molar-refractivity contribution in [2.24, 2.45) is 10.7 Å². The van der Waals surface area contributed by atoms with Crippen LogP contribution in [0.3, 0.4) is 0 Å². The number of guanidine groups is 1. The van der Waals surface area contributed by atoms with Crippen molar-refractivity contribution in [3.63, 3.8) is 0 Å². The summed E-state index contributed by atoms with van der Waals surface area (Å²) in [4.78, 5) is 4.25. The zero-order valence-corrected chi connectivity index (χ0v) is 13.7. The summed E-state index contributed by atoms with van der Waals surface area (Å²) in [6, 6.07) is 5.46. The molecular formula is C16H27N3O3. The first-order chi connectivity index (χ1) is 10.7. The third-order valence-corrected chi connectivity index (χ3v) is 3.01. The molecule has 0 aliphatic rings. The molecule has 0 aliphatic heterocycles. The average Bonchev–Trinajstić information content (AvgIpc) is 2.54. The molecule has 1 aromatic rings. The number of unbranched alkanes of at least 4 members (excludes halogenated alkanes) is 1. The Balaban J connectivity index is 2.31. The Hall–Kier alpha value is -2.11. The van der Waals surface area contributed by atoms with Gasteiger partial charge in [0.05, 0.1) is 20.8 Å². The number of rotatable bonds is 10. The number of nitrogens with one attached hydrogen (secondary N) is 1. The van der Waals surface area contributed by atoms with Crippen LogP contribution in [0.15, 0.2) is 23.2 Å². The highest BCUT2D eigenvalue weighted by Gasteiger charge is 2.02. The monoisotopic (exact) mass is 309 g/mol. The lowest BCUT2D eigenvalue weighted by molar-refractivity contribution is 0.307. The number of aliphatic imine (C=N–C) groups is 1. The largest absolute Gasteiger partial charge is 0.496 e.